The predicted molar refractivity (Wildman–Crippen MR) is 95.2 cm³/mol. The zero-order valence-electron chi connectivity index (χ0n) is 13.5. The molecule has 0 aliphatic carbocycles. The van der Waals surface area contributed by atoms with Gasteiger partial charge in [-0.1, -0.05) is 23.2 Å². The number of halogens is 2. The lowest BCUT2D eigenvalue weighted by molar-refractivity contribution is -0.119. The number of hydrogen-bond donors (Lipinski definition) is 1. The first kappa shape index (κ1) is 18.3. The molecule has 2 heterocycles. The lowest BCUT2D eigenvalue weighted by atomic mass is 10.2. The lowest BCUT2D eigenvalue weighted by Crippen LogP contribution is -2.21. The third-order valence-corrected chi connectivity index (χ3v) is 3.87. The molecule has 2 aromatic rings. The number of fused-ring (bicyclic) bond motifs is 1. The number of nitrogens with zero attached hydrogens (tertiary/aromatic N) is 1. The van der Waals surface area contributed by atoms with Gasteiger partial charge < -0.3 is 19.5 Å². The van der Waals surface area contributed by atoms with Crippen molar-refractivity contribution in [2.75, 3.05) is 25.1 Å². The van der Waals surface area contributed by atoms with E-state index in [-0.39, 0.29) is 10.6 Å². The highest BCUT2D eigenvalue weighted by molar-refractivity contribution is 6.32. The molecule has 0 saturated heterocycles. The van der Waals surface area contributed by atoms with Crippen molar-refractivity contribution in [2.45, 2.75) is 6.42 Å². The summed E-state index contributed by atoms with van der Waals surface area (Å²) in [4.78, 5) is 27.9. The Balaban J connectivity index is 1.61. The zero-order chi connectivity index (χ0) is 18.5. The molecule has 0 fully saturated rings. The maximum atomic E-state index is 12.2. The van der Waals surface area contributed by atoms with Gasteiger partial charge in [0.15, 0.2) is 18.1 Å². The van der Waals surface area contributed by atoms with Crippen LogP contribution in [0.1, 0.15) is 16.8 Å². The Morgan fingerprint density at radius 2 is 2.00 bits per heavy atom. The second-order valence-corrected chi connectivity index (χ2v) is 6.17. The van der Waals surface area contributed by atoms with Crippen LogP contribution in [0.4, 0.5) is 5.82 Å². The first-order chi connectivity index (χ1) is 12.5. The summed E-state index contributed by atoms with van der Waals surface area (Å²) in [6, 6.07) is 6.01. The van der Waals surface area contributed by atoms with Gasteiger partial charge in [-0.05, 0) is 24.3 Å². The molecule has 1 aromatic carbocycles. The quantitative estimate of drug-likeness (QED) is 0.797. The smallest absolute Gasteiger partial charge is 0.338 e. The van der Waals surface area contributed by atoms with E-state index < -0.39 is 18.5 Å². The van der Waals surface area contributed by atoms with Gasteiger partial charge in [-0.25, -0.2) is 9.78 Å². The summed E-state index contributed by atoms with van der Waals surface area (Å²) in [5.41, 5.74) is 0.164. The Kier molecular flexibility index (Phi) is 5.80. The van der Waals surface area contributed by atoms with E-state index in [1.807, 2.05) is 0 Å². The summed E-state index contributed by atoms with van der Waals surface area (Å²) in [5, 5.41) is 3.18. The van der Waals surface area contributed by atoms with Gasteiger partial charge in [-0.15, -0.1) is 0 Å². The summed E-state index contributed by atoms with van der Waals surface area (Å²) in [7, 11) is 0. The van der Waals surface area contributed by atoms with Crippen LogP contribution in [0.3, 0.4) is 0 Å². The Morgan fingerprint density at radius 1 is 1.19 bits per heavy atom. The van der Waals surface area contributed by atoms with Gasteiger partial charge in [-0.2, -0.15) is 0 Å². The van der Waals surface area contributed by atoms with E-state index in [1.165, 1.54) is 24.4 Å². The lowest BCUT2D eigenvalue weighted by Gasteiger charge is -2.11. The Hall–Kier alpha value is -2.51. The van der Waals surface area contributed by atoms with E-state index in [9.17, 15) is 9.59 Å². The number of carbonyl (C=O) groups is 2. The fourth-order valence-electron chi connectivity index (χ4n) is 2.19. The third-order valence-electron chi connectivity index (χ3n) is 3.37. The monoisotopic (exact) mass is 396 g/mol. The highest BCUT2D eigenvalue weighted by atomic mass is 35.5. The van der Waals surface area contributed by atoms with Crippen LogP contribution in [0.15, 0.2) is 30.5 Å². The van der Waals surface area contributed by atoms with E-state index in [0.29, 0.717) is 42.0 Å². The van der Waals surface area contributed by atoms with Gasteiger partial charge in [0, 0.05) is 12.6 Å². The fraction of sp³-hybridized carbons (Fsp3) is 0.235. The highest BCUT2D eigenvalue weighted by Gasteiger charge is 2.19. The van der Waals surface area contributed by atoms with Crippen molar-refractivity contribution in [1.29, 1.82) is 0 Å². The molecule has 3 rings (SSSR count). The summed E-state index contributed by atoms with van der Waals surface area (Å²) in [5.74, 6) is -0.173. The number of nitrogens with one attached hydrogen (secondary N) is 1. The molecule has 1 aromatic heterocycles. The Bertz CT molecular complexity index is 827. The zero-order valence-corrected chi connectivity index (χ0v) is 15.0. The summed E-state index contributed by atoms with van der Waals surface area (Å²) >= 11 is 11.9. The number of anilines is 1. The summed E-state index contributed by atoms with van der Waals surface area (Å²) in [6.45, 7) is 0.461. The van der Waals surface area contributed by atoms with Crippen LogP contribution in [0.2, 0.25) is 10.0 Å². The minimum Gasteiger partial charge on any atom is -0.489 e. The Labute approximate surface area is 159 Å². The maximum Gasteiger partial charge on any atom is 0.338 e. The number of carbonyl (C=O) groups excluding carboxylic acids is 2. The average Bonchev–Trinajstić information content (AvgIpc) is 2.87. The van der Waals surface area contributed by atoms with Crippen molar-refractivity contribution in [1.82, 2.24) is 4.98 Å². The van der Waals surface area contributed by atoms with Crippen LogP contribution in [-0.4, -0.2) is 36.7 Å². The first-order valence-corrected chi connectivity index (χ1v) is 8.46. The number of hydrogen-bond acceptors (Lipinski definition) is 6. The molecule has 0 spiro atoms. The van der Waals surface area contributed by atoms with Crippen molar-refractivity contribution >= 4 is 40.9 Å². The van der Waals surface area contributed by atoms with Gasteiger partial charge in [0.05, 0.1) is 28.8 Å². The van der Waals surface area contributed by atoms with Crippen molar-refractivity contribution in [2.24, 2.45) is 0 Å². The van der Waals surface area contributed by atoms with E-state index in [4.69, 9.17) is 37.4 Å². The van der Waals surface area contributed by atoms with E-state index in [0.717, 1.165) is 0 Å². The minimum atomic E-state index is -0.707. The molecule has 0 radical (unpaired) electrons. The molecule has 0 saturated carbocycles. The van der Waals surface area contributed by atoms with Crippen LogP contribution >= 0.6 is 23.2 Å². The molecule has 0 unspecified atom stereocenters. The molecule has 7 nitrogen and oxygen atoms in total. The van der Waals surface area contributed by atoms with Crippen LogP contribution in [0.25, 0.3) is 0 Å². The molecule has 1 aliphatic heterocycles. The van der Waals surface area contributed by atoms with Gasteiger partial charge in [0.2, 0.25) is 0 Å². The van der Waals surface area contributed by atoms with Crippen LogP contribution in [0.5, 0.6) is 11.5 Å². The molecule has 136 valence electrons. The molecular formula is C17H14Cl2N2O5. The second kappa shape index (κ2) is 8.25. The molecule has 0 bridgehead atoms. The van der Waals surface area contributed by atoms with E-state index in [1.54, 1.807) is 6.07 Å². The topological polar surface area (TPSA) is 86.8 Å². The second-order valence-electron chi connectivity index (χ2n) is 5.32. The molecule has 1 aliphatic rings. The van der Waals surface area contributed by atoms with Crippen LogP contribution in [0, 0.1) is 0 Å². The summed E-state index contributed by atoms with van der Waals surface area (Å²) in [6.07, 6.45) is 2.10. The van der Waals surface area contributed by atoms with Crippen LogP contribution in [-0.2, 0) is 9.53 Å². The van der Waals surface area contributed by atoms with Crippen molar-refractivity contribution in [3.63, 3.8) is 0 Å². The number of benzene rings is 1. The maximum absolute atomic E-state index is 12.2. The Morgan fingerprint density at radius 3 is 2.77 bits per heavy atom. The number of esters is 1. The number of rotatable bonds is 4. The number of amides is 1. The molecule has 26 heavy (non-hydrogen) atoms. The van der Waals surface area contributed by atoms with Gasteiger partial charge in [0.25, 0.3) is 5.91 Å². The third kappa shape index (κ3) is 4.56. The molecule has 1 N–H and O–H groups in total. The molecule has 9 heteroatoms. The van der Waals surface area contributed by atoms with Crippen molar-refractivity contribution in [3.8, 4) is 11.5 Å². The number of ether oxygens (including phenoxy) is 3. The standard InChI is InChI=1S/C17H14Cl2N2O5/c18-11-2-3-14(20-8-11)21-15(22)9-26-17(23)10-6-12(19)16-13(7-10)24-4-1-5-25-16/h2-3,6-8H,1,4-5,9H2,(H,20,21,22). The van der Waals surface area contributed by atoms with Gasteiger partial charge in [0.1, 0.15) is 5.82 Å². The minimum absolute atomic E-state index is 0.164. The SMILES string of the molecule is O=C(COC(=O)c1cc(Cl)c2c(c1)OCCCO2)Nc1ccc(Cl)cn1. The van der Waals surface area contributed by atoms with Gasteiger partial charge in [-0.3, -0.25) is 4.79 Å². The fourth-order valence-corrected chi connectivity index (χ4v) is 2.57. The number of aromatic nitrogens is 1. The van der Waals surface area contributed by atoms with Gasteiger partial charge >= 0.3 is 5.97 Å². The largest absolute Gasteiger partial charge is 0.489 e. The highest BCUT2D eigenvalue weighted by Crippen LogP contribution is 2.38. The summed E-state index contributed by atoms with van der Waals surface area (Å²) < 4.78 is 16.0. The normalized spacial score (nSPS) is 12.8. The van der Waals surface area contributed by atoms with E-state index >= 15 is 0 Å². The first-order valence-electron chi connectivity index (χ1n) is 7.70. The van der Waals surface area contributed by atoms with Crippen LogP contribution < -0.4 is 14.8 Å². The molecule has 1 amide bonds. The number of pyridine rings is 1. The molecular weight excluding hydrogens is 383 g/mol. The van der Waals surface area contributed by atoms with Crippen molar-refractivity contribution in [3.05, 3.63) is 46.1 Å². The van der Waals surface area contributed by atoms with Crippen molar-refractivity contribution < 1.29 is 23.8 Å². The molecule has 0 atom stereocenters. The van der Waals surface area contributed by atoms with E-state index in [2.05, 4.69) is 10.3 Å². The predicted octanol–water partition coefficient (Wildman–Crippen LogP) is 3.35. The average molecular weight is 397 g/mol.